The molecule has 3 heterocycles. The Morgan fingerprint density at radius 3 is 2.69 bits per heavy atom. The summed E-state index contributed by atoms with van der Waals surface area (Å²) in [5.41, 5.74) is 1.74. The first-order valence-corrected chi connectivity index (χ1v) is 12.1. The fourth-order valence-electron chi connectivity index (χ4n) is 4.86. The van der Waals surface area contributed by atoms with Gasteiger partial charge in [0.15, 0.2) is 5.13 Å². The Kier molecular flexibility index (Phi) is 6.70. The van der Waals surface area contributed by atoms with E-state index in [0.29, 0.717) is 0 Å². The highest BCUT2D eigenvalue weighted by atomic mass is 32.1. The van der Waals surface area contributed by atoms with Crippen LogP contribution in [-0.4, -0.2) is 55.1 Å². The third-order valence-electron chi connectivity index (χ3n) is 6.15. The van der Waals surface area contributed by atoms with Gasteiger partial charge in [-0.1, -0.05) is 25.2 Å². The summed E-state index contributed by atoms with van der Waals surface area (Å²) in [6.45, 7) is 11.1. The van der Waals surface area contributed by atoms with Crippen molar-refractivity contribution in [3.8, 4) is 0 Å². The van der Waals surface area contributed by atoms with Crippen molar-refractivity contribution < 1.29 is 4.79 Å². The summed E-state index contributed by atoms with van der Waals surface area (Å²) in [5, 5.41) is 4.20. The van der Waals surface area contributed by atoms with Gasteiger partial charge in [-0.05, 0) is 68.7 Å². The van der Waals surface area contributed by atoms with Gasteiger partial charge in [0.2, 0.25) is 0 Å². The molecule has 2 aliphatic heterocycles. The highest BCUT2D eigenvalue weighted by Gasteiger charge is 2.21. The second-order valence-electron chi connectivity index (χ2n) is 9.04. The lowest BCUT2D eigenvalue weighted by atomic mass is 9.92. The van der Waals surface area contributed by atoms with Crippen LogP contribution < -0.4 is 10.2 Å². The maximum absolute atomic E-state index is 12.6. The molecule has 1 amide bonds. The average molecular weight is 415 g/mol. The van der Waals surface area contributed by atoms with Crippen molar-refractivity contribution in [1.29, 1.82) is 0 Å². The second kappa shape index (κ2) is 9.43. The summed E-state index contributed by atoms with van der Waals surface area (Å²) in [7, 11) is 0. The molecule has 6 heteroatoms. The van der Waals surface area contributed by atoms with Gasteiger partial charge in [0, 0.05) is 38.3 Å². The molecule has 158 valence electrons. The molecule has 2 atom stereocenters. The Hall–Kier alpha value is -1.66. The fraction of sp³-hybridized carbons (Fsp3) is 0.652. The molecule has 0 spiro atoms. The number of fused-ring (bicyclic) bond motifs is 1. The van der Waals surface area contributed by atoms with E-state index in [1.807, 2.05) is 18.2 Å². The van der Waals surface area contributed by atoms with E-state index in [2.05, 4.69) is 29.0 Å². The third kappa shape index (κ3) is 5.28. The largest absolute Gasteiger partial charge is 0.352 e. The minimum atomic E-state index is 0.0280. The zero-order valence-electron chi connectivity index (χ0n) is 17.8. The van der Waals surface area contributed by atoms with Crippen LogP contribution in [0.5, 0.6) is 0 Å². The van der Waals surface area contributed by atoms with Crippen molar-refractivity contribution in [3.63, 3.8) is 0 Å². The standard InChI is InChI=1S/C23H34N4OS/c1-17-13-18(2)16-26(15-17)10-6-9-24-22(28)19-7-8-20-21(14-19)29-23(25-20)27-11-4-3-5-12-27/h7-8,14,17-18H,3-6,9-13,15-16H2,1-2H3,(H,24,28). The fourth-order valence-corrected chi connectivity index (χ4v) is 5.91. The Morgan fingerprint density at radius 2 is 1.93 bits per heavy atom. The summed E-state index contributed by atoms with van der Waals surface area (Å²) >= 11 is 1.71. The van der Waals surface area contributed by atoms with Crippen molar-refractivity contribution in [3.05, 3.63) is 23.8 Å². The summed E-state index contributed by atoms with van der Waals surface area (Å²) in [6.07, 6.45) is 6.17. The van der Waals surface area contributed by atoms with Crippen molar-refractivity contribution in [2.75, 3.05) is 44.2 Å². The summed E-state index contributed by atoms with van der Waals surface area (Å²) in [4.78, 5) is 22.3. The molecule has 1 N–H and O–H groups in total. The van der Waals surface area contributed by atoms with Crippen LogP contribution >= 0.6 is 11.3 Å². The smallest absolute Gasteiger partial charge is 0.251 e. The van der Waals surface area contributed by atoms with E-state index in [1.54, 1.807) is 11.3 Å². The molecule has 2 aliphatic rings. The predicted molar refractivity (Wildman–Crippen MR) is 122 cm³/mol. The molecule has 2 saturated heterocycles. The van der Waals surface area contributed by atoms with Crippen molar-refractivity contribution >= 4 is 32.6 Å². The van der Waals surface area contributed by atoms with Crippen LogP contribution in [0, 0.1) is 11.8 Å². The lowest BCUT2D eigenvalue weighted by molar-refractivity contribution is 0.0947. The molecule has 4 rings (SSSR count). The lowest BCUT2D eigenvalue weighted by Crippen LogP contribution is -2.40. The van der Waals surface area contributed by atoms with E-state index < -0.39 is 0 Å². The van der Waals surface area contributed by atoms with Crippen molar-refractivity contribution in [1.82, 2.24) is 15.2 Å². The van der Waals surface area contributed by atoms with Crippen LogP contribution in [-0.2, 0) is 0 Å². The SMILES string of the molecule is CC1CC(C)CN(CCCNC(=O)c2ccc3nc(N4CCCCC4)sc3c2)C1. The van der Waals surface area contributed by atoms with Gasteiger partial charge in [-0.25, -0.2) is 4.98 Å². The molecule has 0 radical (unpaired) electrons. The molecule has 5 nitrogen and oxygen atoms in total. The van der Waals surface area contributed by atoms with E-state index in [0.717, 1.165) is 65.3 Å². The zero-order chi connectivity index (χ0) is 20.2. The minimum absolute atomic E-state index is 0.0280. The maximum Gasteiger partial charge on any atom is 0.251 e. The second-order valence-corrected chi connectivity index (χ2v) is 10.1. The summed E-state index contributed by atoms with van der Waals surface area (Å²) < 4.78 is 1.11. The van der Waals surface area contributed by atoms with Gasteiger partial charge in [-0.2, -0.15) is 0 Å². The normalized spacial score (nSPS) is 23.4. The third-order valence-corrected chi connectivity index (χ3v) is 7.23. The number of nitrogens with one attached hydrogen (secondary N) is 1. The van der Waals surface area contributed by atoms with Crippen molar-refractivity contribution in [2.24, 2.45) is 11.8 Å². The van der Waals surface area contributed by atoms with Gasteiger partial charge in [-0.15, -0.1) is 0 Å². The number of likely N-dealkylation sites (tertiary alicyclic amines) is 1. The molecule has 2 unspecified atom stereocenters. The topological polar surface area (TPSA) is 48.5 Å². The number of hydrogen-bond acceptors (Lipinski definition) is 5. The number of amides is 1. The molecule has 0 saturated carbocycles. The molecule has 29 heavy (non-hydrogen) atoms. The lowest BCUT2D eigenvalue weighted by Gasteiger charge is -2.34. The van der Waals surface area contributed by atoms with Crippen LogP contribution in [0.1, 0.15) is 56.3 Å². The van der Waals surface area contributed by atoms with Gasteiger partial charge in [0.05, 0.1) is 10.2 Å². The minimum Gasteiger partial charge on any atom is -0.352 e. The van der Waals surface area contributed by atoms with Gasteiger partial charge in [0.1, 0.15) is 0 Å². The molecule has 1 aromatic carbocycles. The van der Waals surface area contributed by atoms with E-state index in [1.165, 1.54) is 38.8 Å². The monoisotopic (exact) mass is 414 g/mol. The van der Waals surface area contributed by atoms with Crippen LogP contribution in [0.2, 0.25) is 0 Å². The Labute approximate surface area is 178 Å². The van der Waals surface area contributed by atoms with Crippen LogP contribution in [0.25, 0.3) is 10.2 Å². The number of carbonyl (C=O) groups is 1. The molecule has 0 aliphatic carbocycles. The quantitative estimate of drug-likeness (QED) is 0.713. The Bertz CT molecular complexity index is 819. The number of piperidine rings is 2. The number of anilines is 1. The summed E-state index contributed by atoms with van der Waals surface area (Å²) in [5.74, 6) is 1.60. The Morgan fingerprint density at radius 1 is 1.17 bits per heavy atom. The molecule has 0 bridgehead atoms. The van der Waals surface area contributed by atoms with Gasteiger partial charge >= 0.3 is 0 Å². The molecular weight excluding hydrogens is 380 g/mol. The average Bonchev–Trinajstić information content (AvgIpc) is 3.14. The van der Waals surface area contributed by atoms with Crippen LogP contribution in [0.3, 0.4) is 0 Å². The number of aromatic nitrogens is 1. The van der Waals surface area contributed by atoms with E-state index in [9.17, 15) is 4.79 Å². The number of benzene rings is 1. The van der Waals surface area contributed by atoms with Gasteiger partial charge < -0.3 is 15.1 Å². The van der Waals surface area contributed by atoms with E-state index in [-0.39, 0.29) is 5.91 Å². The number of nitrogens with zero attached hydrogens (tertiary/aromatic N) is 3. The first-order valence-electron chi connectivity index (χ1n) is 11.2. The molecule has 2 fully saturated rings. The highest BCUT2D eigenvalue weighted by molar-refractivity contribution is 7.22. The van der Waals surface area contributed by atoms with Crippen molar-refractivity contribution in [2.45, 2.75) is 46.0 Å². The first kappa shape index (κ1) is 20.6. The number of hydrogen-bond donors (Lipinski definition) is 1. The zero-order valence-corrected chi connectivity index (χ0v) is 18.6. The first-order chi connectivity index (χ1) is 14.1. The molecule has 1 aromatic heterocycles. The highest BCUT2D eigenvalue weighted by Crippen LogP contribution is 2.31. The van der Waals surface area contributed by atoms with Crippen LogP contribution in [0.4, 0.5) is 5.13 Å². The van der Waals surface area contributed by atoms with E-state index >= 15 is 0 Å². The van der Waals surface area contributed by atoms with Crippen LogP contribution in [0.15, 0.2) is 18.2 Å². The predicted octanol–water partition coefficient (Wildman–Crippen LogP) is 4.38. The number of thiazole rings is 1. The number of carbonyl (C=O) groups excluding carboxylic acids is 1. The number of rotatable bonds is 6. The Balaban J connectivity index is 1.29. The summed E-state index contributed by atoms with van der Waals surface area (Å²) in [6, 6.07) is 5.90. The molecule has 2 aromatic rings. The molecular formula is C23H34N4OS. The maximum atomic E-state index is 12.6. The van der Waals surface area contributed by atoms with E-state index in [4.69, 9.17) is 4.98 Å². The van der Waals surface area contributed by atoms with Gasteiger partial charge in [0.25, 0.3) is 5.91 Å². The van der Waals surface area contributed by atoms with Gasteiger partial charge in [-0.3, -0.25) is 4.79 Å².